The first kappa shape index (κ1) is 15.5. The highest BCUT2D eigenvalue weighted by atomic mass is 15.2. The van der Waals surface area contributed by atoms with Gasteiger partial charge in [0, 0.05) is 6.04 Å². The van der Waals surface area contributed by atoms with E-state index in [1.54, 1.807) is 0 Å². The van der Waals surface area contributed by atoms with Gasteiger partial charge in [-0.3, -0.25) is 5.32 Å². The Hall–Kier alpha value is -0.590. The largest absolute Gasteiger partial charge is 0.301 e. The van der Waals surface area contributed by atoms with Gasteiger partial charge in [-0.1, -0.05) is 27.2 Å². The first-order chi connectivity index (χ1) is 8.71. The Morgan fingerprint density at radius 2 is 2.17 bits per heavy atom. The van der Waals surface area contributed by atoms with Gasteiger partial charge in [-0.15, -0.1) is 0 Å². The van der Waals surface area contributed by atoms with Crippen LogP contribution in [0.25, 0.3) is 0 Å². The summed E-state index contributed by atoms with van der Waals surface area (Å²) in [7, 11) is 0. The molecule has 1 fully saturated rings. The summed E-state index contributed by atoms with van der Waals surface area (Å²) in [6.45, 7) is 9.76. The lowest BCUT2D eigenvalue weighted by atomic mass is 9.79. The van der Waals surface area contributed by atoms with Gasteiger partial charge in [0.2, 0.25) is 0 Å². The number of nitrogens with one attached hydrogen (secondary N) is 1. The topological polar surface area (TPSA) is 39.1 Å². The predicted octanol–water partition coefficient (Wildman–Crippen LogP) is 2.92. The molecule has 104 valence electrons. The third-order valence-electron chi connectivity index (χ3n) is 4.18. The molecule has 3 nitrogen and oxygen atoms in total. The number of unbranched alkanes of at least 4 members (excludes halogenated alkanes) is 1. The van der Waals surface area contributed by atoms with E-state index in [1.807, 2.05) is 0 Å². The Kier molecular flexibility index (Phi) is 6.67. The van der Waals surface area contributed by atoms with Crippen LogP contribution in [0.15, 0.2) is 0 Å². The van der Waals surface area contributed by atoms with Crippen LogP contribution in [0.1, 0.15) is 59.3 Å². The molecular weight excluding hydrogens is 222 g/mol. The molecule has 1 aliphatic rings. The van der Waals surface area contributed by atoms with Crippen molar-refractivity contribution in [2.24, 2.45) is 0 Å². The van der Waals surface area contributed by atoms with Crippen LogP contribution in [0.4, 0.5) is 0 Å². The Bertz CT molecular complexity index is 267. The van der Waals surface area contributed by atoms with Gasteiger partial charge in [-0.25, -0.2) is 0 Å². The summed E-state index contributed by atoms with van der Waals surface area (Å²) in [5.41, 5.74) is -0.267. The van der Waals surface area contributed by atoms with Gasteiger partial charge in [0.05, 0.1) is 6.07 Å². The lowest BCUT2D eigenvalue weighted by molar-refractivity contribution is 0.124. The fraction of sp³-hybridized carbons (Fsp3) is 0.933. The zero-order chi connectivity index (χ0) is 13.4. The summed E-state index contributed by atoms with van der Waals surface area (Å²) in [5, 5.41) is 12.9. The second kappa shape index (κ2) is 7.76. The molecule has 0 heterocycles. The van der Waals surface area contributed by atoms with Gasteiger partial charge in [0.25, 0.3) is 0 Å². The quantitative estimate of drug-likeness (QED) is 0.756. The molecule has 0 amide bonds. The molecule has 0 aromatic heterocycles. The van der Waals surface area contributed by atoms with Crippen molar-refractivity contribution in [3.63, 3.8) is 0 Å². The Balaban J connectivity index is 2.63. The molecule has 2 atom stereocenters. The molecule has 2 unspecified atom stereocenters. The fourth-order valence-electron chi connectivity index (χ4n) is 3.16. The molecule has 1 saturated carbocycles. The second-order valence-electron chi connectivity index (χ2n) is 5.46. The third-order valence-corrected chi connectivity index (χ3v) is 4.18. The van der Waals surface area contributed by atoms with Crippen LogP contribution < -0.4 is 5.32 Å². The maximum Gasteiger partial charge on any atom is 0.108 e. The maximum atomic E-state index is 9.49. The molecule has 0 aromatic rings. The van der Waals surface area contributed by atoms with E-state index < -0.39 is 0 Å². The molecular formula is C15H29N3. The summed E-state index contributed by atoms with van der Waals surface area (Å²) < 4.78 is 0. The lowest BCUT2D eigenvalue weighted by Crippen LogP contribution is -2.52. The minimum Gasteiger partial charge on any atom is -0.301 e. The first-order valence-electron chi connectivity index (χ1n) is 7.61. The molecule has 0 bridgehead atoms. The average Bonchev–Trinajstić information content (AvgIpc) is 2.40. The van der Waals surface area contributed by atoms with E-state index in [9.17, 15) is 5.26 Å². The van der Waals surface area contributed by atoms with Crippen LogP contribution >= 0.6 is 0 Å². The van der Waals surface area contributed by atoms with Gasteiger partial charge in [-0.2, -0.15) is 5.26 Å². The lowest BCUT2D eigenvalue weighted by Gasteiger charge is -2.41. The zero-order valence-corrected chi connectivity index (χ0v) is 12.3. The van der Waals surface area contributed by atoms with Crippen molar-refractivity contribution in [1.29, 1.82) is 5.26 Å². The average molecular weight is 251 g/mol. The molecule has 1 aliphatic carbocycles. The summed E-state index contributed by atoms with van der Waals surface area (Å²) >= 11 is 0. The standard InChI is InChI=1S/C15H29N3/c1-4-7-11-18(6-3)14-9-8-10-15(12-14,13-16)17-5-2/h14,17H,4-12H2,1-3H3. The predicted molar refractivity (Wildman–Crippen MR) is 76.4 cm³/mol. The molecule has 1 rings (SSSR count). The summed E-state index contributed by atoms with van der Waals surface area (Å²) in [6.07, 6.45) is 6.96. The van der Waals surface area contributed by atoms with Crippen molar-refractivity contribution < 1.29 is 0 Å². The highest BCUT2D eigenvalue weighted by Gasteiger charge is 2.37. The molecule has 1 N–H and O–H groups in total. The van der Waals surface area contributed by atoms with Crippen molar-refractivity contribution in [2.75, 3.05) is 19.6 Å². The van der Waals surface area contributed by atoms with Gasteiger partial charge in [0.1, 0.15) is 5.54 Å². The van der Waals surface area contributed by atoms with E-state index in [1.165, 1.54) is 32.2 Å². The van der Waals surface area contributed by atoms with E-state index in [0.717, 1.165) is 25.9 Å². The van der Waals surface area contributed by atoms with E-state index in [-0.39, 0.29) is 5.54 Å². The van der Waals surface area contributed by atoms with Crippen LogP contribution in [-0.2, 0) is 0 Å². The van der Waals surface area contributed by atoms with Crippen molar-refractivity contribution in [3.8, 4) is 6.07 Å². The highest BCUT2D eigenvalue weighted by molar-refractivity contribution is 5.11. The molecule has 0 spiro atoms. The first-order valence-corrected chi connectivity index (χ1v) is 7.61. The summed E-state index contributed by atoms with van der Waals surface area (Å²) in [5.74, 6) is 0. The minimum atomic E-state index is -0.267. The second-order valence-corrected chi connectivity index (χ2v) is 5.46. The molecule has 18 heavy (non-hydrogen) atoms. The van der Waals surface area contributed by atoms with Crippen molar-refractivity contribution >= 4 is 0 Å². The van der Waals surface area contributed by atoms with Crippen LogP contribution in [0, 0.1) is 11.3 Å². The Morgan fingerprint density at radius 3 is 2.72 bits per heavy atom. The van der Waals surface area contributed by atoms with Crippen LogP contribution in [0.3, 0.4) is 0 Å². The number of nitriles is 1. The maximum absolute atomic E-state index is 9.49. The molecule has 3 heteroatoms. The minimum absolute atomic E-state index is 0.267. The number of rotatable bonds is 7. The monoisotopic (exact) mass is 251 g/mol. The number of nitrogens with zero attached hydrogens (tertiary/aromatic N) is 2. The van der Waals surface area contributed by atoms with Crippen LogP contribution in [0.2, 0.25) is 0 Å². The van der Waals surface area contributed by atoms with Gasteiger partial charge in [-0.05, 0) is 51.7 Å². The van der Waals surface area contributed by atoms with Crippen LogP contribution in [-0.4, -0.2) is 36.1 Å². The normalized spacial score (nSPS) is 28.3. The Morgan fingerprint density at radius 1 is 1.39 bits per heavy atom. The summed E-state index contributed by atoms with van der Waals surface area (Å²) in [4.78, 5) is 2.58. The van der Waals surface area contributed by atoms with E-state index in [2.05, 4.69) is 37.1 Å². The van der Waals surface area contributed by atoms with Crippen molar-refractivity contribution in [1.82, 2.24) is 10.2 Å². The van der Waals surface area contributed by atoms with Gasteiger partial charge >= 0.3 is 0 Å². The highest BCUT2D eigenvalue weighted by Crippen LogP contribution is 2.31. The van der Waals surface area contributed by atoms with Gasteiger partial charge < -0.3 is 4.90 Å². The van der Waals surface area contributed by atoms with E-state index in [0.29, 0.717) is 6.04 Å². The van der Waals surface area contributed by atoms with Gasteiger partial charge in [0.15, 0.2) is 0 Å². The van der Waals surface area contributed by atoms with E-state index >= 15 is 0 Å². The molecule has 0 aromatic carbocycles. The fourth-order valence-corrected chi connectivity index (χ4v) is 3.16. The van der Waals surface area contributed by atoms with Crippen molar-refractivity contribution in [3.05, 3.63) is 0 Å². The molecule has 0 aliphatic heterocycles. The molecule has 0 radical (unpaired) electrons. The third kappa shape index (κ3) is 3.96. The number of hydrogen-bond acceptors (Lipinski definition) is 3. The smallest absolute Gasteiger partial charge is 0.108 e. The number of hydrogen-bond donors (Lipinski definition) is 1. The van der Waals surface area contributed by atoms with E-state index in [4.69, 9.17) is 0 Å². The SMILES string of the molecule is CCCCN(CC)C1CCCC(C#N)(NCC)C1. The zero-order valence-electron chi connectivity index (χ0n) is 12.3. The summed E-state index contributed by atoms with van der Waals surface area (Å²) in [6, 6.07) is 3.14. The van der Waals surface area contributed by atoms with Crippen molar-refractivity contribution in [2.45, 2.75) is 70.9 Å². The molecule has 0 saturated heterocycles. The van der Waals surface area contributed by atoms with Crippen LogP contribution in [0.5, 0.6) is 0 Å². The Labute approximate surface area is 113 Å².